The van der Waals surface area contributed by atoms with Gasteiger partial charge in [-0.25, -0.2) is 9.18 Å². The average molecular weight is 241 g/mol. The van der Waals surface area contributed by atoms with Crippen molar-refractivity contribution >= 4 is 29.3 Å². The van der Waals surface area contributed by atoms with E-state index in [-0.39, 0.29) is 0 Å². The second-order valence-corrected chi connectivity index (χ2v) is 4.36. The third-order valence-electron chi connectivity index (χ3n) is 2.21. The first kappa shape index (κ1) is 10.9. The predicted molar refractivity (Wildman–Crippen MR) is 57.1 cm³/mol. The lowest BCUT2D eigenvalue weighted by molar-refractivity contribution is -0.148. The molecule has 0 saturated heterocycles. The standard InChI is InChI=1S/C10H8FNO3S/c11-6-1-2-7-8(5-6)16-4-3-12(7)9(13)10(14)15/h1-2,5H,3-4H2,(H,14,15). The lowest BCUT2D eigenvalue weighted by Crippen LogP contribution is -2.39. The summed E-state index contributed by atoms with van der Waals surface area (Å²) in [5, 5.41) is 8.64. The van der Waals surface area contributed by atoms with E-state index in [2.05, 4.69) is 0 Å². The summed E-state index contributed by atoms with van der Waals surface area (Å²) in [6.07, 6.45) is 0. The molecular weight excluding hydrogens is 233 g/mol. The van der Waals surface area contributed by atoms with Gasteiger partial charge >= 0.3 is 11.9 Å². The molecule has 1 aromatic rings. The molecule has 6 heteroatoms. The first-order valence-electron chi connectivity index (χ1n) is 4.57. The molecule has 0 aliphatic carbocycles. The lowest BCUT2D eigenvalue weighted by Gasteiger charge is -2.27. The van der Waals surface area contributed by atoms with Crippen LogP contribution in [0, 0.1) is 5.82 Å². The Kier molecular flexibility index (Phi) is 2.82. The van der Waals surface area contributed by atoms with Gasteiger partial charge in [0, 0.05) is 17.2 Å². The number of benzene rings is 1. The van der Waals surface area contributed by atoms with Crippen molar-refractivity contribution in [3.05, 3.63) is 24.0 Å². The number of hydrogen-bond acceptors (Lipinski definition) is 3. The van der Waals surface area contributed by atoms with Crippen LogP contribution in [0.2, 0.25) is 0 Å². The Balaban J connectivity index is 2.40. The van der Waals surface area contributed by atoms with Crippen LogP contribution < -0.4 is 4.90 Å². The summed E-state index contributed by atoms with van der Waals surface area (Å²) in [5.41, 5.74) is 0.463. The van der Waals surface area contributed by atoms with Crippen molar-refractivity contribution in [1.29, 1.82) is 0 Å². The second kappa shape index (κ2) is 4.13. The van der Waals surface area contributed by atoms with Crippen LogP contribution in [0.25, 0.3) is 0 Å². The van der Waals surface area contributed by atoms with Crippen LogP contribution in [0.5, 0.6) is 0 Å². The van der Waals surface area contributed by atoms with E-state index >= 15 is 0 Å². The van der Waals surface area contributed by atoms with Crippen molar-refractivity contribution in [3.8, 4) is 0 Å². The van der Waals surface area contributed by atoms with E-state index in [0.29, 0.717) is 22.9 Å². The summed E-state index contributed by atoms with van der Waals surface area (Å²) < 4.78 is 12.9. The minimum absolute atomic E-state index is 0.328. The Hall–Kier alpha value is -1.56. The number of fused-ring (bicyclic) bond motifs is 1. The molecule has 0 unspecified atom stereocenters. The molecule has 0 fully saturated rings. The number of carboxylic acid groups (broad SMARTS) is 1. The number of thioether (sulfide) groups is 1. The van der Waals surface area contributed by atoms with Gasteiger partial charge in [0.25, 0.3) is 0 Å². The van der Waals surface area contributed by atoms with Crippen molar-refractivity contribution in [3.63, 3.8) is 0 Å². The van der Waals surface area contributed by atoms with Crippen molar-refractivity contribution in [2.24, 2.45) is 0 Å². The molecule has 1 aromatic carbocycles. The fourth-order valence-corrected chi connectivity index (χ4v) is 2.54. The van der Waals surface area contributed by atoms with Gasteiger partial charge in [-0.05, 0) is 18.2 Å². The molecule has 1 N–H and O–H groups in total. The summed E-state index contributed by atoms with van der Waals surface area (Å²) in [5.74, 6) is -2.30. The smallest absolute Gasteiger partial charge is 0.394 e. The highest BCUT2D eigenvalue weighted by Gasteiger charge is 2.27. The van der Waals surface area contributed by atoms with Gasteiger partial charge in [0.05, 0.1) is 5.69 Å². The number of rotatable bonds is 0. The average Bonchev–Trinajstić information content (AvgIpc) is 2.26. The molecule has 0 radical (unpaired) electrons. The van der Waals surface area contributed by atoms with Crippen LogP contribution in [0.15, 0.2) is 23.1 Å². The number of aliphatic carboxylic acids is 1. The van der Waals surface area contributed by atoms with Crippen LogP contribution in [0.4, 0.5) is 10.1 Å². The number of amides is 1. The second-order valence-electron chi connectivity index (χ2n) is 3.22. The van der Waals surface area contributed by atoms with Gasteiger partial charge < -0.3 is 10.0 Å². The molecule has 16 heavy (non-hydrogen) atoms. The van der Waals surface area contributed by atoms with Crippen LogP contribution in [0.3, 0.4) is 0 Å². The molecule has 0 aromatic heterocycles. The maximum atomic E-state index is 12.9. The number of nitrogens with zero attached hydrogens (tertiary/aromatic N) is 1. The molecule has 1 heterocycles. The SMILES string of the molecule is O=C(O)C(=O)N1CCSc2cc(F)ccc21. The van der Waals surface area contributed by atoms with E-state index in [4.69, 9.17) is 5.11 Å². The van der Waals surface area contributed by atoms with Gasteiger partial charge in [-0.1, -0.05) is 0 Å². The molecule has 4 nitrogen and oxygen atoms in total. The largest absolute Gasteiger partial charge is 0.474 e. The van der Waals surface area contributed by atoms with E-state index in [1.54, 1.807) is 0 Å². The number of carboxylic acids is 1. The normalized spacial score (nSPS) is 14.4. The van der Waals surface area contributed by atoms with E-state index in [1.807, 2.05) is 0 Å². The molecule has 1 aliphatic rings. The fourth-order valence-electron chi connectivity index (χ4n) is 1.52. The van der Waals surface area contributed by atoms with Gasteiger partial charge in [-0.2, -0.15) is 0 Å². The van der Waals surface area contributed by atoms with Crippen LogP contribution in [0.1, 0.15) is 0 Å². The number of halogens is 1. The molecule has 0 atom stereocenters. The molecule has 2 rings (SSSR count). The molecule has 0 spiro atoms. The zero-order valence-corrected chi connectivity index (χ0v) is 8.96. The van der Waals surface area contributed by atoms with Crippen LogP contribution >= 0.6 is 11.8 Å². The Morgan fingerprint density at radius 2 is 2.19 bits per heavy atom. The predicted octanol–water partition coefficient (Wildman–Crippen LogP) is 1.35. The summed E-state index contributed by atoms with van der Waals surface area (Å²) in [7, 11) is 0. The van der Waals surface area contributed by atoms with Crippen LogP contribution in [-0.4, -0.2) is 29.3 Å². The molecule has 84 valence electrons. The fraction of sp³-hybridized carbons (Fsp3) is 0.200. The molecule has 0 saturated carbocycles. The molecule has 1 aliphatic heterocycles. The van der Waals surface area contributed by atoms with E-state index < -0.39 is 17.7 Å². The minimum Gasteiger partial charge on any atom is -0.474 e. The molecule has 1 amide bonds. The third kappa shape index (κ3) is 1.88. The topological polar surface area (TPSA) is 57.6 Å². The van der Waals surface area contributed by atoms with Gasteiger partial charge in [0.2, 0.25) is 0 Å². The number of carbonyl (C=O) groups is 2. The van der Waals surface area contributed by atoms with Crippen molar-refractivity contribution in [1.82, 2.24) is 0 Å². The number of hydrogen-bond donors (Lipinski definition) is 1. The van der Waals surface area contributed by atoms with E-state index in [9.17, 15) is 14.0 Å². The maximum Gasteiger partial charge on any atom is 0.394 e. The highest BCUT2D eigenvalue weighted by molar-refractivity contribution is 7.99. The lowest BCUT2D eigenvalue weighted by atomic mass is 10.2. The van der Waals surface area contributed by atoms with E-state index in [1.165, 1.54) is 30.0 Å². The van der Waals surface area contributed by atoms with Crippen molar-refractivity contribution in [2.75, 3.05) is 17.2 Å². The van der Waals surface area contributed by atoms with E-state index in [0.717, 1.165) is 4.90 Å². The van der Waals surface area contributed by atoms with Crippen LogP contribution in [-0.2, 0) is 9.59 Å². The van der Waals surface area contributed by atoms with Gasteiger partial charge in [-0.3, -0.25) is 4.79 Å². The summed E-state index contributed by atoms with van der Waals surface area (Å²) in [4.78, 5) is 23.7. The minimum atomic E-state index is -1.50. The first-order valence-corrected chi connectivity index (χ1v) is 5.55. The quantitative estimate of drug-likeness (QED) is 0.696. The monoisotopic (exact) mass is 241 g/mol. The Morgan fingerprint density at radius 3 is 2.88 bits per heavy atom. The van der Waals surface area contributed by atoms with Crippen molar-refractivity contribution in [2.45, 2.75) is 4.90 Å². The highest BCUT2D eigenvalue weighted by Crippen LogP contribution is 2.35. The van der Waals surface area contributed by atoms with Gasteiger partial charge in [0.1, 0.15) is 5.82 Å². The number of anilines is 1. The first-order chi connectivity index (χ1) is 7.59. The third-order valence-corrected chi connectivity index (χ3v) is 3.24. The summed E-state index contributed by atoms with van der Waals surface area (Å²) >= 11 is 1.41. The Labute approximate surface area is 95.1 Å². The maximum absolute atomic E-state index is 12.9. The highest BCUT2D eigenvalue weighted by atomic mass is 32.2. The molecular formula is C10H8FNO3S. The Morgan fingerprint density at radius 1 is 1.44 bits per heavy atom. The molecule has 0 bridgehead atoms. The zero-order valence-electron chi connectivity index (χ0n) is 8.14. The number of carbonyl (C=O) groups excluding carboxylic acids is 1. The summed E-state index contributed by atoms with van der Waals surface area (Å²) in [6, 6.07) is 3.95. The van der Waals surface area contributed by atoms with Crippen molar-refractivity contribution < 1.29 is 19.1 Å². The zero-order chi connectivity index (χ0) is 11.7. The Bertz CT molecular complexity index is 463. The van der Waals surface area contributed by atoms with Gasteiger partial charge in [0.15, 0.2) is 0 Å². The van der Waals surface area contributed by atoms with Gasteiger partial charge in [-0.15, -0.1) is 11.8 Å². The summed E-state index contributed by atoms with van der Waals surface area (Å²) in [6.45, 7) is 0.328.